The fourth-order valence-electron chi connectivity index (χ4n) is 2.70. The molecule has 1 N–H and O–H groups in total. The van der Waals surface area contributed by atoms with Crippen LogP contribution in [0, 0.1) is 20.8 Å². The molecule has 138 valence electrons. The van der Waals surface area contributed by atoms with Crippen LogP contribution in [-0.2, 0) is 0 Å². The zero-order chi connectivity index (χ0) is 19.4. The summed E-state index contributed by atoms with van der Waals surface area (Å²) in [6.45, 7) is 5.81. The third-order valence-corrected chi connectivity index (χ3v) is 4.08. The first-order valence-corrected chi connectivity index (χ1v) is 8.89. The highest BCUT2D eigenvalue weighted by molar-refractivity contribution is 6.30. The Morgan fingerprint density at radius 2 is 1.67 bits per heavy atom. The fraction of sp³-hybridized carbons (Fsp3) is 0.190. The van der Waals surface area contributed by atoms with Gasteiger partial charge in [-0.05, 0) is 68.3 Å². The molecule has 0 aliphatic rings. The minimum Gasteiger partial charge on any atom is -0.469 e. The molecule has 0 saturated heterocycles. The Hall–Kier alpha value is -2.92. The van der Waals surface area contributed by atoms with Crippen LogP contribution in [0.2, 0.25) is 5.02 Å². The number of aromatic nitrogens is 2. The standard InChI is InChI=1S/C21H20ClN3O2/c1-13-8-14(2)10-18(9-13)24-21-23-15(3)11-20(25-21)27-12-19(26)16-4-6-17(22)7-5-16/h4-11H,12H2,1-3H3,(H,23,24,25). The molecular weight excluding hydrogens is 362 g/mol. The van der Waals surface area contributed by atoms with Gasteiger partial charge in [0.15, 0.2) is 12.4 Å². The highest BCUT2D eigenvalue weighted by Crippen LogP contribution is 2.20. The summed E-state index contributed by atoms with van der Waals surface area (Å²) in [4.78, 5) is 21.0. The van der Waals surface area contributed by atoms with Crippen LogP contribution in [0.25, 0.3) is 0 Å². The lowest BCUT2D eigenvalue weighted by Crippen LogP contribution is -2.13. The maximum atomic E-state index is 12.2. The van der Waals surface area contributed by atoms with Gasteiger partial charge in [-0.25, -0.2) is 4.98 Å². The van der Waals surface area contributed by atoms with E-state index in [1.807, 2.05) is 32.9 Å². The predicted octanol–water partition coefficient (Wildman–Crippen LogP) is 5.06. The lowest BCUT2D eigenvalue weighted by molar-refractivity contribution is 0.0918. The molecule has 1 heterocycles. The highest BCUT2D eigenvalue weighted by atomic mass is 35.5. The van der Waals surface area contributed by atoms with Gasteiger partial charge in [0, 0.05) is 28.0 Å². The van der Waals surface area contributed by atoms with Crippen LogP contribution < -0.4 is 10.1 Å². The van der Waals surface area contributed by atoms with E-state index in [1.165, 1.54) is 0 Å². The Morgan fingerprint density at radius 3 is 2.33 bits per heavy atom. The SMILES string of the molecule is Cc1cc(C)cc(Nc2nc(C)cc(OCC(=O)c3ccc(Cl)cc3)n2)c1. The Morgan fingerprint density at radius 1 is 1.00 bits per heavy atom. The van der Waals surface area contributed by atoms with Gasteiger partial charge in [0.05, 0.1) is 0 Å². The quantitative estimate of drug-likeness (QED) is 0.604. The van der Waals surface area contributed by atoms with Gasteiger partial charge in [-0.3, -0.25) is 4.79 Å². The molecule has 0 fully saturated rings. The summed E-state index contributed by atoms with van der Waals surface area (Å²) >= 11 is 5.84. The van der Waals surface area contributed by atoms with Gasteiger partial charge in [0.2, 0.25) is 11.8 Å². The van der Waals surface area contributed by atoms with Crippen LogP contribution >= 0.6 is 11.6 Å². The van der Waals surface area contributed by atoms with Crippen molar-refractivity contribution in [2.75, 3.05) is 11.9 Å². The Kier molecular flexibility index (Phi) is 5.72. The van der Waals surface area contributed by atoms with Gasteiger partial charge in [0.1, 0.15) is 0 Å². The van der Waals surface area contributed by atoms with Crippen molar-refractivity contribution in [1.29, 1.82) is 0 Å². The van der Waals surface area contributed by atoms with Crippen molar-refractivity contribution in [3.8, 4) is 5.88 Å². The molecule has 0 amide bonds. The molecule has 2 aromatic carbocycles. The Labute approximate surface area is 163 Å². The second-order valence-electron chi connectivity index (χ2n) is 6.39. The van der Waals surface area contributed by atoms with Crippen LogP contribution in [0.4, 0.5) is 11.6 Å². The average molecular weight is 382 g/mol. The largest absolute Gasteiger partial charge is 0.469 e. The van der Waals surface area contributed by atoms with Crippen molar-refractivity contribution >= 4 is 29.0 Å². The van der Waals surface area contributed by atoms with Crippen molar-refractivity contribution < 1.29 is 9.53 Å². The minimum absolute atomic E-state index is 0.110. The van der Waals surface area contributed by atoms with Crippen LogP contribution in [0.3, 0.4) is 0 Å². The van der Waals surface area contributed by atoms with Gasteiger partial charge < -0.3 is 10.1 Å². The maximum Gasteiger partial charge on any atom is 0.230 e. The molecule has 0 aliphatic heterocycles. The van der Waals surface area contributed by atoms with Gasteiger partial charge in [0.25, 0.3) is 0 Å². The third kappa shape index (κ3) is 5.28. The van der Waals surface area contributed by atoms with E-state index >= 15 is 0 Å². The van der Waals surface area contributed by atoms with Crippen LogP contribution in [0.1, 0.15) is 27.2 Å². The first-order chi connectivity index (χ1) is 12.9. The number of halogens is 1. The van der Waals surface area contributed by atoms with Crippen molar-refractivity contribution in [1.82, 2.24) is 9.97 Å². The first kappa shape index (κ1) is 18.9. The summed E-state index contributed by atoms with van der Waals surface area (Å²) in [7, 11) is 0. The maximum absolute atomic E-state index is 12.2. The lowest BCUT2D eigenvalue weighted by atomic mass is 10.1. The summed E-state index contributed by atoms with van der Waals surface area (Å²) in [6.07, 6.45) is 0. The number of ether oxygens (including phenoxy) is 1. The van der Waals surface area contributed by atoms with E-state index in [0.29, 0.717) is 22.4 Å². The molecule has 3 rings (SSSR count). The molecule has 27 heavy (non-hydrogen) atoms. The van der Waals surface area contributed by atoms with Crippen molar-refractivity contribution in [3.05, 3.63) is 75.9 Å². The zero-order valence-electron chi connectivity index (χ0n) is 15.4. The molecule has 3 aromatic rings. The van der Waals surface area contributed by atoms with E-state index in [9.17, 15) is 4.79 Å². The Bertz CT molecular complexity index is 951. The summed E-state index contributed by atoms with van der Waals surface area (Å²) in [5, 5.41) is 3.77. The number of aryl methyl sites for hydroxylation is 3. The number of ketones is 1. The second-order valence-corrected chi connectivity index (χ2v) is 6.83. The molecule has 0 spiro atoms. The van der Waals surface area contributed by atoms with Crippen molar-refractivity contribution in [2.24, 2.45) is 0 Å². The fourth-order valence-corrected chi connectivity index (χ4v) is 2.83. The number of benzene rings is 2. The van der Waals surface area contributed by atoms with Gasteiger partial charge in [-0.1, -0.05) is 17.7 Å². The second kappa shape index (κ2) is 8.18. The normalized spacial score (nSPS) is 10.5. The molecule has 1 aromatic heterocycles. The van der Waals surface area contributed by atoms with Crippen molar-refractivity contribution in [3.63, 3.8) is 0 Å². The molecular formula is C21H20ClN3O2. The number of hydrogen-bond donors (Lipinski definition) is 1. The number of nitrogens with zero attached hydrogens (tertiary/aromatic N) is 2. The molecule has 0 saturated carbocycles. The average Bonchev–Trinajstić information content (AvgIpc) is 2.59. The number of Topliss-reactive ketones (excluding diaryl/α,β-unsaturated/α-hetero) is 1. The number of carbonyl (C=O) groups is 1. The highest BCUT2D eigenvalue weighted by Gasteiger charge is 2.09. The van der Waals surface area contributed by atoms with Crippen LogP contribution in [0.15, 0.2) is 48.5 Å². The van der Waals surface area contributed by atoms with Crippen LogP contribution in [-0.4, -0.2) is 22.4 Å². The summed E-state index contributed by atoms with van der Waals surface area (Å²) in [5.74, 6) is 0.623. The number of carbonyl (C=O) groups excluding carboxylic acids is 1. The molecule has 0 aliphatic carbocycles. The van der Waals surface area contributed by atoms with E-state index in [1.54, 1.807) is 30.3 Å². The number of rotatable bonds is 6. The number of nitrogens with one attached hydrogen (secondary N) is 1. The van der Waals surface area contributed by atoms with E-state index < -0.39 is 0 Å². The molecule has 5 nitrogen and oxygen atoms in total. The minimum atomic E-state index is -0.147. The van der Waals surface area contributed by atoms with E-state index in [-0.39, 0.29) is 12.4 Å². The first-order valence-electron chi connectivity index (χ1n) is 8.51. The van der Waals surface area contributed by atoms with E-state index in [4.69, 9.17) is 16.3 Å². The molecule has 0 atom stereocenters. The topological polar surface area (TPSA) is 64.1 Å². The van der Waals surface area contributed by atoms with Crippen molar-refractivity contribution in [2.45, 2.75) is 20.8 Å². The van der Waals surface area contributed by atoms with E-state index in [2.05, 4.69) is 21.4 Å². The van der Waals surface area contributed by atoms with Gasteiger partial charge >= 0.3 is 0 Å². The van der Waals surface area contributed by atoms with Gasteiger partial charge in [-0.15, -0.1) is 0 Å². The third-order valence-electron chi connectivity index (χ3n) is 3.83. The smallest absolute Gasteiger partial charge is 0.230 e. The monoisotopic (exact) mass is 381 g/mol. The summed E-state index contributed by atoms with van der Waals surface area (Å²) < 4.78 is 5.59. The number of anilines is 2. The molecule has 0 bridgehead atoms. The lowest BCUT2D eigenvalue weighted by Gasteiger charge is -2.10. The molecule has 0 unspecified atom stereocenters. The Balaban J connectivity index is 1.71. The zero-order valence-corrected chi connectivity index (χ0v) is 16.2. The van der Waals surface area contributed by atoms with E-state index in [0.717, 1.165) is 22.5 Å². The van der Waals surface area contributed by atoms with Gasteiger partial charge in [-0.2, -0.15) is 4.98 Å². The molecule has 6 heteroatoms. The molecule has 0 radical (unpaired) electrons. The summed E-state index contributed by atoms with van der Waals surface area (Å²) in [5.41, 5.74) is 4.48. The predicted molar refractivity (Wildman–Crippen MR) is 107 cm³/mol. The summed E-state index contributed by atoms with van der Waals surface area (Å²) in [6, 6.07) is 14.5. The van der Waals surface area contributed by atoms with Crippen LogP contribution in [0.5, 0.6) is 5.88 Å². The number of hydrogen-bond acceptors (Lipinski definition) is 5.